The van der Waals surface area contributed by atoms with Gasteiger partial charge in [0.2, 0.25) is 5.91 Å². The summed E-state index contributed by atoms with van der Waals surface area (Å²) in [4.78, 5) is 23.5. The summed E-state index contributed by atoms with van der Waals surface area (Å²) < 4.78 is 43.2. The molecule has 0 radical (unpaired) electrons. The first kappa shape index (κ1) is 20.0. The zero-order chi connectivity index (χ0) is 18.4. The van der Waals surface area contributed by atoms with Crippen molar-refractivity contribution in [3.8, 4) is 0 Å². The first-order valence-corrected chi connectivity index (χ1v) is 8.91. The first-order chi connectivity index (χ1) is 11.8. The Labute approximate surface area is 145 Å². The number of hydrogen-bond donors (Lipinski definition) is 2. The van der Waals surface area contributed by atoms with Gasteiger partial charge in [0.15, 0.2) is 0 Å². The normalized spacial score (nSPS) is 26.8. The van der Waals surface area contributed by atoms with Gasteiger partial charge in [-0.05, 0) is 50.4 Å². The Morgan fingerprint density at radius 3 is 2.20 bits per heavy atom. The van der Waals surface area contributed by atoms with Gasteiger partial charge in [-0.25, -0.2) is 0 Å². The highest BCUT2D eigenvalue weighted by atomic mass is 19.4. The number of halogens is 3. The van der Waals surface area contributed by atoms with Crippen LogP contribution in [0.15, 0.2) is 0 Å². The average molecular weight is 365 g/mol. The molecule has 0 spiro atoms. The van der Waals surface area contributed by atoms with Gasteiger partial charge in [-0.15, -0.1) is 0 Å². The lowest BCUT2D eigenvalue weighted by Gasteiger charge is -2.30. The second-order valence-corrected chi connectivity index (χ2v) is 7.16. The van der Waals surface area contributed by atoms with Gasteiger partial charge in [-0.1, -0.05) is 0 Å². The molecule has 5 nitrogen and oxygen atoms in total. The van der Waals surface area contributed by atoms with Gasteiger partial charge in [0.05, 0.1) is 11.8 Å². The Balaban J connectivity index is 1.73. The number of carbonyl (C=O) groups excluding carboxylic acids is 1. The lowest BCUT2D eigenvalue weighted by atomic mass is 9.80. The smallest absolute Gasteiger partial charge is 0.391 e. The van der Waals surface area contributed by atoms with E-state index < -0.39 is 24.0 Å². The van der Waals surface area contributed by atoms with Crippen LogP contribution in [0.3, 0.4) is 0 Å². The predicted molar refractivity (Wildman–Crippen MR) is 83.8 cm³/mol. The molecule has 1 saturated heterocycles. The third-order valence-corrected chi connectivity index (χ3v) is 5.46. The molecule has 1 saturated carbocycles. The number of alkyl halides is 3. The minimum absolute atomic E-state index is 0.0197. The van der Waals surface area contributed by atoms with Crippen molar-refractivity contribution in [1.82, 2.24) is 5.32 Å². The summed E-state index contributed by atoms with van der Waals surface area (Å²) in [6, 6.07) is 0. The molecule has 2 fully saturated rings. The van der Waals surface area contributed by atoms with Gasteiger partial charge in [0, 0.05) is 26.2 Å². The molecule has 2 N–H and O–H groups in total. The number of nitrogens with one attached hydrogen (secondary N) is 1. The molecule has 0 aromatic rings. The minimum Gasteiger partial charge on any atom is -0.481 e. The van der Waals surface area contributed by atoms with Crippen molar-refractivity contribution in [1.29, 1.82) is 0 Å². The SMILES string of the molecule is O=C(CC1CCC(C(F)(F)F)CC1)NCC(C(=O)O)C1CCOCC1. The molecular weight excluding hydrogens is 339 g/mol. The number of amides is 1. The number of carboxylic acid groups (broad SMARTS) is 1. The highest BCUT2D eigenvalue weighted by molar-refractivity contribution is 5.77. The largest absolute Gasteiger partial charge is 0.481 e. The summed E-state index contributed by atoms with van der Waals surface area (Å²) in [6.07, 6.45) is -1.73. The van der Waals surface area contributed by atoms with E-state index in [1.54, 1.807) is 0 Å². The predicted octanol–water partition coefficient (Wildman–Crippen LogP) is 2.99. The number of ether oxygens (including phenoxy) is 1. The molecule has 25 heavy (non-hydrogen) atoms. The number of hydrogen-bond acceptors (Lipinski definition) is 3. The van der Waals surface area contributed by atoms with Gasteiger partial charge in [-0.2, -0.15) is 13.2 Å². The Bertz CT molecular complexity index is 455. The van der Waals surface area contributed by atoms with Crippen LogP contribution in [-0.4, -0.2) is 42.9 Å². The van der Waals surface area contributed by atoms with Crippen LogP contribution >= 0.6 is 0 Å². The maximum Gasteiger partial charge on any atom is 0.391 e. The Morgan fingerprint density at radius 2 is 1.68 bits per heavy atom. The molecule has 1 aliphatic heterocycles. The standard InChI is InChI=1S/C17H26F3NO4/c18-17(19,20)13-3-1-11(2-4-13)9-15(22)21-10-14(16(23)24)12-5-7-25-8-6-12/h11-14H,1-10H2,(H,21,22)(H,23,24). The fourth-order valence-electron chi connectivity index (χ4n) is 3.83. The summed E-state index contributed by atoms with van der Waals surface area (Å²) in [5, 5.41) is 12.0. The van der Waals surface area contributed by atoms with E-state index >= 15 is 0 Å². The number of aliphatic carboxylic acids is 1. The van der Waals surface area contributed by atoms with E-state index in [1.807, 2.05) is 0 Å². The average Bonchev–Trinajstić information content (AvgIpc) is 2.55. The van der Waals surface area contributed by atoms with E-state index in [0.29, 0.717) is 38.9 Å². The van der Waals surface area contributed by atoms with Crippen molar-refractivity contribution in [3.05, 3.63) is 0 Å². The van der Waals surface area contributed by atoms with E-state index in [2.05, 4.69) is 5.32 Å². The van der Waals surface area contributed by atoms with Crippen LogP contribution in [0.1, 0.15) is 44.9 Å². The fourth-order valence-corrected chi connectivity index (χ4v) is 3.83. The van der Waals surface area contributed by atoms with Crippen LogP contribution in [0.5, 0.6) is 0 Å². The fraction of sp³-hybridized carbons (Fsp3) is 0.882. The van der Waals surface area contributed by atoms with E-state index in [0.717, 1.165) is 0 Å². The van der Waals surface area contributed by atoms with Gasteiger partial charge in [-0.3, -0.25) is 9.59 Å². The number of carbonyl (C=O) groups is 2. The number of rotatable bonds is 6. The summed E-state index contributed by atoms with van der Waals surface area (Å²) in [5.74, 6) is -3.17. The molecule has 8 heteroatoms. The molecule has 1 heterocycles. The van der Waals surface area contributed by atoms with Crippen molar-refractivity contribution < 1.29 is 32.6 Å². The van der Waals surface area contributed by atoms with Crippen molar-refractivity contribution in [2.24, 2.45) is 23.7 Å². The van der Waals surface area contributed by atoms with Crippen molar-refractivity contribution >= 4 is 11.9 Å². The first-order valence-electron chi connectivity index (χ1n) is 8.91. The van der Waals surface area contributed by atoms with Gasteiger partial charge >= 0.3 is 12.1 Å². The molecule has 0 aromatic carbocycles. The minimum atomic E-state index is -4.15. The zero-order valence-corrected chi connectivity index (χ0v) is 14.2. The second kappa shape index (κ2) is 8.87. The monoisotopic (exact) mass is 365 g/mol. The van der Waals surface area contributed by atoms with Gasteiger partial charge < -0.3 is 15.2 Å². The molecule has 1 atom stereocenters. The highest BCUT2D eigenvalue weighted by Gasteiger charge is 2.41. The molecule has 1 amide bonds. The Morgan fingerprint density at radius 1 is 1.08 bits per heavy atom. The topological polar surface area (TPSA) is 75.6 Å². The molecule has 1 unspecified atom stereocenters. The quantitative estimate of drug-likeness (QED) is 0.759. The lowest BCUT2D eigenvalue weighted by molar-refractivity contribution is -0.184. The van der Waals surface area contributed by atoms with Crippen molar-refractivity contribution in [2.45, 2.75) is 51.1 Å². The second-order valence-electron chi connectivity index (χ2n) is 7.16. The summed E-state index contributed by atoms with van der Waals surface area (Å²) in [6.45, 7) is 1.13. The third kappa shape index (κ3) is 6.17. The van der Waals surface area contributed by atoms with Crippen LogP contribution < -0.4 is 5.32 Å². The molecule has 0 bridgehead atoms. The summed E-state index contributed by atoms with van der Waals surface area (Å²) in [7, 11) is 0. The summed E-state index contributed by atoms with van der Waals surface area (Å²) >= 11 is 0. The van der Waals surface area contributed by atoms with Gasteiger partial charge in [0.1, 0.15) is 0 Å². The van der Waals surface area contributed by atoms with E-state index in [9.17, 15) is 27.9 Å². The molecule has 2 aliphatic rings. The van der Waals surface area contributed by atoms with Gasteiger partial charge in [0.25, 0.3) is 0 Å². The summed E-state index contributed by atoms with van der Waals surface area (Å²) in [5.41, 5.74) is 0. The number of carboxylic acids is 1. The van der Waals surface area contributed by atoms with Crippen molar-refractivity contribution in [3.63, 3.8) is 0 Å². The third-order valence-electron chi connectivity index (χ3n) is 5.46. The van der Waals surface area contributed by atoms with E-state index in [1.165, 1.54) is 0 Å². The molecule has 1 aliphatic carbocycles. The maximum absolute atomic E-state index is 12.6. The molecule has 144 valence electrons. The van der Waals surface area contributed by atoms with Crippen molar-refractivity contribution in [2.75, 3.05) is 19.8 Å². The zero-order valence-electron chi connectivity index (χ0n) is 14.2. The van der Waals surface area contributed by atoms with Crippen LogP contribution in [0.2, 0.25) is 0 Å². The molecule has 2 rings (SSSR count). The Kier molecular flexibility index (Phi) is 7.10. The van der Waals surface area contributed by atoms with Crippen LogP contribution in [0.25, 0.3) is 0 Å². The highest BCUT2D eigenvalue weighted by Crippen LogP contribution is 2.40. The van der Waals surface area contributed by atoms with Crippen LogP contribution in [0, 0.1) is 23.7 Å². The van der Waals surface area contributed by atoms with Crippen LogP contribution in [0.4, 0.5) is 13.2 Å². The molecular formula is C17H26F3NO4. The Hall–Kier alpha value is -1.31. The van der Waals surface area contributed by atoms with E-state index in [4.69, 9.17) is 4.74 Å². The van der Waals surface area contributed by atoms with Crippen LogP contribution in [-0.2, 0) is 14.3 Å². The lowest BCUT2D eigenvalue weighted by Crippen LogP contribution is -2.39. The molecule has 0 aromatic heterocycles. The maximum atomic E-state index is 12.6. The van der Waals surface area contributed by atoms with E-state index in [-0.39, 0.29) is 43.6 Å².